The molecule has 0 unspecified atom stereocenters. The van der Waals surface area contributed by atoms with Crippen molar-refractivity contribution in [1.82, 2.24) is 19.2 Å². The Labute approximate surface area is 185 Å². The maximum atomic E-state index is 12.9. The number of nitrogens with zero attached hydrogens (tertiary/aromatic N) is 4. The summed E-state index contributed by atoms with van der Waals surface area (Å²) < 4.78 is 36.7. The average Bonchev–Trinajstić information content (AvgIpc) is 3.07. The third kappa shape index (κ3) is 4.52. The molecule has 0 aliphatic carbocycles. The fourth-order valence-electron chi connectivity index (χ4n) is 4.00. The largest absolute Gasteiger partial charge is 0.493 e. The number of methoxy groups -OCH3 is 1. The van der Waals surface area contributed by atoms with Crippen molar-refractivity contribution < 1.29 is 23.0 Å². The van der Waals surface area contributed by atoms with E-state index in [0.717, 1.165) is 36.7 Å². The Bertz CT molecular complexity index is 1120. The summed E-state index contributed by atoms with van der Waals surface area (Å²) in [6.07, 6.45) is 2.05. The average molecular weight is 444 g/mol. The standard InChI is InChI=1S/C23H26F2N4O3/c1-15-6-7-29-18(16(2)26-21(29)12-15)14-27-8-10-28(11-9-27)22(30)17-4-5-19(32-23(24)25)20(13-17)31-3/h4-7,12-13,23H,8-11,14H2,1-3H3. The highest BCUT2D eigenvalue weighted by Gasteiger charge is 2.24. The number of ether oxygens (including phenoxy) is 2. The van der Waals surface area contributed by atoms with E-state index >= 15 is 0 Å². The van der Waals surface area contributed by atoms with E-state index in [4.69, 9.17) is 4.74 Å². The zero-order valence-corrected chi connectivity index (χ0v) is 18.3. The molecule has 0 radical (unpaired) electrons. The second kappa shape index (κ2) is 9.12. The van der Waals surface area contributed by atoms with Crippen molar-refractivity contribution in [3.05, 3.63) is 59.0 Å². The molecule has 7 nitrogen and oxygen atoms in total. The number of halogens is 2. The molecular weight excluding hydrogens is 418 g/mol. The van der Waals surface area contributed by atoms with Crippen molar-refractivity contribution in [2.24, 2.45) is 0 Å². The second-order valence-corrected chi connectivity index (χ2v) is 7.89. The minimum Gasteiger partial charge on any atom is -0.493 e. The molecule has 4 rings (SSSR count). The van der Waals surface area contributed by atoms with Gasteiger partial charge in [-0.25, -0.2) is 4.98 Å². The fraction of sp³-hybridized carbons (Fsp3) is 0.391. The molecule has 0 atom stereocenters. The van der Waals surface area contributed by atoms with Gasteiger partial charge in [0.25, 0.3) is 5.91 Å². The molecule has 1 amide bonds. The Morgan fingerprint density at radius 2 is 1.84 bits per heavy atom. The lowest BCUT2D eigenvalue weighted by Crippen LogP contribution is -2.48. The van der Waals surface area contributed by atoms with E-state index in [9.17, 15) is 13.6 Å². The van der Waals surface area contributed by atoms with Crippen molar-refractivity contribution in [2.75, 3.05) is 33.3 Å². The molecule has 1 aliphatic heterocycles. The van der Waals surface area contributed by atoms with E-state index in [-0.39, 0.29) is 17.4 Å². The molecule has 0 saturated carbocycles. The van der Waals surface area contributed by atoms with Crippen LogP contribution in [0.4, 0.5) is 8.78 Å². The Balaban J connectivity index is 1.41. The lowest BCUT2D eigenvalue weighted by atomic mass is 10.1. The molecule has 1 aliphatic rings. The Morgan fingerprint density at radius 1 is 1.09 bits per heavy atom. The van der Waals surface area contributed by atoms with Gasteiger partial charge in [-0.15, -0.1) is 0 Å². The summed E-state index contributed by atoms with van der Waals surface area (Å²) in [5.74, 6) is -0.149. The molecule has 3 heterocycles. The number of amides is 1. The van der Waals surface area contributed by atoms with Gasteiger partial charge >= 0.3 is 6.61 Å². The van der Waals surface area contributed by atoms with E-state index in [1.165, 1.54) is 30.9 Å². The van der Waals surface area contributed by atoms with Gasteiger partial charge in [0.05, 0.1) is 18.5 Å². The van der Waals surface area contributed by atoms with Gasteiger partial charge in [-0.05, 0) is 49.7 Å². The molecule has 9 heteroatoms. The zero-order chi connectivity index (χ0) is 22.8. The fourth-order valence-corrected chi connectivity index (χ4v) is 4.00. The van der Waals surface area contributed by atoms with Crippen molar-refractivity contribution >= 4 is 11.6 Å². The lowest BCUT2D eigenvalue weighted by molar-refractivity contribution is -0.0512. The summed E-state index contributed by atoms with van der Waals surface area (Å²) in [6.45, 7) is 4.48. The van der Waals surface area contributed by atoms with Crippen LogP contribution in [0.3, 0.4) is 0 Å². The van der Waals surface area contributed by atoms with Gasteiger partial charge in [0.2, 0.25) is 0 Å². The van der Waals surface area contributed by atoms with Crippen molar-refractivity contribution in [1.29, 1.82) is 0 Å². The Morgan fingerprint density at radius 3 is 2.53 bits per heavy atom. The molecule has 0 N–H and O–H groups in total. The van der Waals surface area contributed by atoms with Crippen molar-refractivity contribution in [2.45, 2.75) is 27.0 Å². The van der Waals surface area contributed by atoms with Crippen LogP contribution in [0.1, 0.15) is 27.3 Å². The molecule has 1 aromatic carbocycles. The first kappa shape index (κ1) is 22.0. The summed E-state index contributed by atoms with van der Waals surface area (Å²) >= 11 is 0. The van der Waals surface area contributed by atoms with Gasteiger partial charge in [-0.3, -0.25) is 9.69 Å². The number of imidazole rings is 1. The first-order valence-corrected chi connectivity index (χ1v) is 10.4. The summed E-state index contributed by atoms with van der Waals surface area (Å²) in [4.78, 5) is 21.7. The van der Waals surface area contributed by atoms with Gasteiger partial charge < -0.3 is 18.8 Å². The van der Waals surface area contributed by atoms with Gasteiger partial charge in [-0.1, -0.05) is 0 Å². The topological polar surface area (TPSA) is 59.3 Å². The first-order valence-electron chi connectivity index (χ1n) is 10.4. The van der Waals surface area contributed by atoms with Gasteiger partial charge in [0, 0.05) is 44.5 Å². The van der Waals surface area contributed by atoms with E-state index in [2.05, 4.69) is 44.3 Å². The highest BCUT2D eigenvalue weighted by Crippen LogP contribution is 2.30. The summed E-state index contributed by atoms with van der Waals surface area (Å²) in [6, 6.07) is 8.40. The number of hydrogen-bond acceptors (Lipinski definition) is 5. The molecule has 0 bridgehead atoms. The van der Waals surface area contributed by atoms with Crippen LogP contribution >= 0.6 is 0 Å². The number of aryl methyl sites for hydroxylation is 2. The van der Waals surface area contributed by atoms with Crippen molar-refractivity contribution in [3.63, 3.8) is 0 Å². The minimum atomic E-state index is -2.96. The van der Waals surface area contributed by atoms with Gasteiger partial charge in [0.15, 0.2) is 11.5 Å². The third-order valence-corrected chi connectivity index (χ3v) is 5.74. The van der Waals surface area contributed by atoms with Crippen LogP contribution < -0.4 is 9.47 Å². The van der Waals surface area contributed by atoms with Crippen LogP contribution in [0.15, 0.2) is 36.5 Å². The van der Waals surface area contributed by atoms with E-state index in [1.54, 1.807) is 4.90 Å². The van der Waals surface area contributed by atoms with Crippen LogP contribution in [0.2, 0.25) is 0 Å². The molecule has 2 aromatic heterocycles. The second-order valence-electron chi connectivity index (χ2n) is 7.89. The SMILES string of the molecule is COc1cc(C(=O)N2CCN(Cc3c(C)nc4cc(C)ccn34)CC2)ccc1OC(F)F. The number of carbonyl (C=O) groups excluding carboxylic acids is 1. The molecule has 1 saturated heterocycles. The molecule has 170 valence electrons. The number of rotatable bonds is 6. The number of benzene rings is 1. The van der Waals surface area contributed by atoms with Crippen LogP contribution in [0.5, 0.6) is 11.5 Å². The predicted octanol–water partition coefficient (Wildman–Crippen LogP) is 3.52. The summed E-state index contributed by atoms with van der Waals surface area (Å²) in [7, 11) is 1.35. The molecule has 1 fully saturated rings. The number of carbonyl (C=O) groups is 1. The number of hydrogen-bond donors (Lipinski definition) is 0. The summed E-state index contributed by atoms with van der Waals surface area (Å²) in [5.41, 5.74) is 4.66. The highest BCUT2D eigenvalue weighted by molar-refractivity contribution is 5.95. The predicted molar refractivity (Wildman–Crippen MR) is 115 cm³/mol. The first-order chi connectivity index (χ1) is 15.4. The number of aromatic nitrogens is 2. The third-order valence-electron chi connectivity index (χ3n) is 5.74. The quantitative estimate of drug-likeness (QED) is 0.582. The van der Waals surface area contributed by atoms with E-state index < -0.39 is 6.61 Å². The Hall–Kier alpha value is -3.20. The van der Waals surface area contributed by atoms with E-state index in [1.807, 2.05) is 6.92 Å². The lowest BCUT2D eigenvalue weighted by Gasteiger charge is -2.34. The van der Waals surface area contributed by atoms with Crippen molar-refractivity contribution in [3.8, 4) is 11.5 Å². The molecule has 0 spiro atoms. The number of alkyl halides is 2. The van der Waals surface area contributed by atoms with E-state index in [0.29, 0.717) is 18.7 Å². The highest BCUT2D eigenvalue weighted by atomic mass is 19.3. The maximum Gasteiger partial charge on any atom is 0.387 e. The molecule has 32 heavy (non-hydrogen) atoms. The van der Waals surface area contributed by atoms with Crippen LogP contribution in [-0.2, 0) is 6.54 Å². The van der Waals surface area contributed by atoms with Gasteiger partial charge in [-0.2, -0.15) is 8.78 Å². The van der Waals surface area contributed by atoms with Gasteiger partial charge in [0.1, 0.15) is 5.65 Å². The van der Waals surface area contributed by atoms with Crippen LogP contribution in [0, 0.1) is 13.8 Å². The molecule has 3 aromatic rings. The maximum absolute atomic E-state index is 12.9. The zero-order valence-electron chi connectivity index (χ0n) is 18.3. The van der Waals surface area contributed by atoms with Crippen LogP contribution in [-0.4, -0.2) is 65.0 Å². The number of fused-ring (bicyclic) bond motifs is 1. The monoisotopic (exact) mass is 444 g/mol. The number of piperazine rings is 1. The normalized spacial score (nSPS) is 14.9. The van der Waals surface area contributed by atoms with Crippen LogP contribution in [0.25, 0.3) is 5.65 Å². The molecular formula is C23H26F2N4O3. The Kier molecular flexibility index (Phi) is 6.27. The smallest absolute Gasteiger partial charge is 0.387 e. The minimum absolute atomic E-state index is 0.0949. The summed E-state index contributed by atoms with van der Waals surface area (Å²) in [5, 5.41) is 0. The number of pyridine rings is 1.